The number of nitrogens with zero attached hydrogens (tertiary/aromatic N) is 1. The minimum absolute atomic E-state index is 0.121. The summed E-state index contributed by atoms with van der Waals surface area (Å²) in [6, 6.07) is 13.9. The molecule has 0 amide bonds. The van der Waals surface area contributed by atoms with Gasteiger partial charge in [0.15, 0.2) is 0 Å². The molecule has 0 fully saturated rings. The topological polar surface area (TPSA) is 59.4 Å². The highest BCUT2D eigenvalue weighted by Crippen LogP contribution is 2.12. The van der Waals surface area contributed by atoms with E-state index in [9.17, 15) is 4.79 Å². The molecule has 2 aromatic rings. The standard InChI is InChI=1S/C17H19NO3/c19-17(20)21-16-12-11-15(13-18-16)10-6-2-5-9-14-7-3-1-4-8-14/h1,3-4,7-8,11-13H,2,5-6,9-10H2,(H,19,20). The Balaban J connectivity index is 1.65. The SMILES string of the molecule is O=C(O)Oc1ccc(CCCCCc2ccccc2)cn1. The lowest BCUT2D eigenvalue weighted by Crippen LogP contribution is -2.04. The second kappa shape index (κ2) is 8.04. The molecule has 1 N–H and O–H groups in total. The van der Waals surface area contributed by atoms with E-state index in [4.69, 9.17) is 5.11 Å². The third-order valence-corrected chi connectivity index (χ3v) is 3.26. The normalized spacial score (nSPS) is 10.3. The highest BCUT2D eigenvalue weighted by atomic mass is 16.7. The summed E-state index contributed by atoms with van der Waals surface area (Å²) < 4.78 is 4.47. The summed E-state index contributed by atoms with van der Waals surface area (Å²) in [5.41, 5.74) is 2.49. The van der Waals surface area contributed by atoms with Crippen molar-refractivity contribution in [3.63, 3.8) is 0 Å². The Kier molecular flexibility index (Phi) is 5.76. The van der Waals surface area contributed by atoms with Crippen LogP contribution in [0.2, 0.25) is 0 Å². The van der Waals surface area contributed by atoms with Crippen LogP contribution in [0.3, 0.4) is 0 Å². The number of rotatable bonds is 7. The molecule has 1 aromatic carbocycles. The van der Waals surface area contributed by atoms with E-state index in [-0.39, 0.29) is 5.88 Å². The number of unbranched alkanes of at least 4 members (excludes halogenated alkanes) is 2. The maximum Gasteiger partial charge on any atom is 0.512 e. The summed E-state index contributed by atoms with van der Waals surface area (Å²) in [7, 11) is 0. The fraction of sp³-hybridized carbons (Fsp3) is 0.294. The molecule has 1 heterocycles. The van der Waals surface area contributed by atoms with Crippen LogP contribution in [0.15, 0.2) is 48.7 Å². The van der Waals surface area contributed by atoms with E-state index in [1.807, 2.05) is 12.1 Å². The average Bonchev–Trinajstić information content (AvgIpc) is 2.49. The van der Waals surface area contributed by atoms with Gasteiger partial charge in [-0.25, -0.2) is 9.78 Å². The third kappa shape index (κ3) is 5.65. The molecule has 0 radical (unpaired) electrons. The van der Waals surface area contributed by atoms with Crippen LogP contribution in [0.5, 0.6) is 5.88 Å². The number of ether oxygens (including phenoxy) is 1. The lowest BCUT2D eigenvalue weighted by atomic mass is 10.0. The number of carbonyl (C=O) groups is 1. The van der Waals surface area contributed by atoms with Crippen molar-refractivity contribution >= 4 is 6.16 Å². The molecule has 0 atom stereocenters. The zero-order chi connectivity index (χ0) is 14.9. The third-order valence-electron chi connectivity index (χ3n) is 3.26. The number of hydrogen-bond acceptors (Lipinski definition) is 3. The van der Waals surface area contributed by atoms with Crippen molar-refractivity contribution in [1.29, 1.82) is 0 Å². The van der Waals surface area contributed by atoms with Crippen molar-refractivity contribution in [2.45, 2.75) is 32.1 Å². The molecule has 4 nitrogen and oxygen atoms in total. The molecule has 1 aromatic heterocycles. The first-order chi connectivity index (χ1) is 10.2. The van der Waals surface area contributed by atoms with Gasteiger partial charge in [0.05, 0.1) is 0 Å². The molecule has 0 aliphatic carbocycles. The van der Waals surface area contributed by atoms with E-state index < -0.39 is 6.16 Å². The molecule has 110 valence electrons. The van der Waals surface area contributed by atoms with Gasteiger partial charge in [-0.05, 0) is 36.8 Å². The van der Waals surface area contributed by atoms with Crippen LogP contribution in [-0.4, -0.2) is 16.2 Å². The van der Waals surface area contributed by atoms with Gasteiger partial charge in [-0.1, -0.05) is 42.8 Å². The Morgan fingerprint density at radius 2 is 1.67 bits per heavy atom. The van der Waals surface area contributed by atoms with E-state index in [1.165, 1.54) is 18.4 Å². The Bertz CT molecular complexity index is 552. The molecule has 4 heteroatoms. The maximum absolute atomic E-state index is 10.4. The van der Waals surface area contributed by atoms with E-state index in [1.54, 1.807) is 12.3 Å². The van der Waals surface area contributed by atoms with Crippen LogP contribution in [0.4, 0.5) is 4.79 Å². The fourth-order valence-corrected chi connectivity index (χ4v) is 2.19. The first-order valence-corrected chi connectivity index (χ1v) is 7.13. The van der Waals surface area contributed by atoms with Gasteiger partial charge in [-0.2, -0.15) is 0 Å². The minimum atomic E-state index is -1.34. The number of aromatic nitrogens is 1. The molecule has 0 aliphatic rings. The average molecular weight is 285 g/mol. The largest absolute Gasteiger partial charge is 0.512 e. The quantitative estimate of drug-likeness (QED) is 0.614. The summed E-state index contributed by atoms with van der Waals surface area (Å²) in [5.74, 6) is 0.121. The summed E-state index contributed by atoms with van der Waals surface area (Å²) in [4.78, 5) is 14.3. The predicted molar refractivity (Wildman–Crippen MR) is 80.6 cm³/mol. The van der Waals surface area contributed by atoms with Crippen LogP contribution in [-0.2, 0) is 12.8 Å². The van der Waals surface area contributed by atoms with Crippen LogP contribution in [0, 0.1) is 0 Å². The fourth-order valence-electron chi connectivity index (χ4n) is 2.19. The molecule has 0 saturated heterocycles. The van der Waals surface area contributed by atoms with Gasteiger partial charge in [0.2, 0.25) is 5.88 Å². The molecular weight excluding hydrogens is 266 g/mol. The number of aryl methyl sites for hydroxylation is 2. The molecule has 0 bridgehead atoms. The molecule has 0 unspecified atom stereocenters. The highest BCUT2D eigenvalue weighted by molar-refractivity contribution is 5.60. The zero-order valence-corrected chi connectivity index (χ0v) is 11.9. The van der Waals surface area contributed by atoms with E-state index >= 15 is 0 Å². The maximum atomic E-state index is 10.4. The number of carboxylic acid groups (broad SMARTS) is 1. The van der Waals surface area contributed by atoms with Crippen molar-refractivity contribution in [1.82, 2.24) is 4.98 Å². The van der Waals surface area contributed by atoms with Gasteiger partial charge in [-0.3, -0.25) is 0 Å². The first-order valence-electron chi connectivity index (χ1n) is 7.13. The Hall–Kier alpha value is -2.36. The Labute approximate surface area is 124 Å². The van der Waals surface area contributed by atoms with Crippen LogP contribution in [0.25, 0.3) is 0 Å². The molecule has 0 aliphatic heterocycles. The van der Waals surface area contributed by atoms with Crippen molar-refractivity contribution in [3.05, 3.63) is 59.8 Å². The summed E-state index contributed by atoms with van der Waals surface area (Å²) >= 11 is 0. The second-order valence-electron chi connectivity index (χ2n) is 4.92. The number of pyridine rings is 1. The minimum Gasteiger partial charge on any atom is -0.449 e. The van der Waals surface area contributed by atoms with Gasteiger partial charge < -0.3 is 9.84 Å². The number of hydrogen-bond donors (Lipinski definition) is 1. The molecule has 2 rings (SSSR count). The van der Waals surface area contributed by atoms with Crippen molar-refractivity contribution in [2.75, 3.05) is 0 Å². The van der Waals surface area contributed by atoms with Gasteiger partial charge in [0, 0.05) is 12.3 Å². The monoisotopic (exact) mass is 285 g/mol. The summed E-state index contributed by atoms with van der Waals surface area (Å²) in [5, 5.41) is 8.47. The van der Waals surface area contributed by atoms with Gasteiger partial charge in [-0.15, -0.1) is 0 Å². The predicted octanol–water partition coefficient (Wildman–Crippen LogP) is 4.09. The number of benzene rings is 1. The Morgan fingerprint density at radius 1 is 0.952 bits per heavy atom. The van der Waals surface area contributed by atoms with Crippen LogP contribution >= 0.6 is 0 Å². The molecule has 0 saturated carbocycles. The van der Waals surface area contributed by atoms with Crippen LogP contribution in [0.1, 0.15) is 30.4 Å². The second-order valence-corrected chi connectivity index (χ2v) is 4.92. The van der Waals surface area contributed by atoms with Gasteiger partial charge >= 0.3 is 6.16 Å². The molecule has 0 spiro atoms. The summed E-state index contributed by atoms with van der Waals surface area (Å²) in [6.07, 6.45) is 5.86. The van der Waals surface area contributed by atoms with E-state index in [0.717, 1.165) is 24.8 Å². The van der Waals surface area contributed by atoms with E-state index in [2.05, 4.69) is 34.0 Å². The highest BCUT2D eigenvalue weighted by Gasteiger charge is 2.02. The summed E-state index contributed by atoms with van der Waals surface area (Å²) in [6.45, 7) is 0. The first kappa shape index (κ1) is 15.0. The zero-order valence-electron chi connectivity index (χ0n) is 11.9. The Morgan fingerprint density at radius 3 is 2.29 bits per heavy atom. The van der Waals surface area contributed by atoms with E-state index in [0.29, 0.717) is 0 Å². The van der Waals surface area contributed by atoms with Crippen LogP contribution < -0.4 is 4.74 Å². The van der Waals surface area contributed by atoms with Crippen molar-refractivity contribution in [2.24, 2.45) is 0 Å². The smallest absolute Gasteiger partial charge is 0.449 e. The van der Waals surface area contributed by atoms with Crippen molar-refractivity contribution < 1.29 is 14.6 Å². The lowest BCUT2D eigenvalue weighted by molar-refractivity contribution is 0.142. The molecule has 21 heavy (non-hydrogen) atoms. The molecular formula is C17H19NO3. The van der Waals surface area contributed by atoms with Gasteiger partial charge in [0.25, 0.3) is 0 Å². The van der Waals surface area contributed by atoms with Crippen molar-refractivity contribution in [3.8, 4) is 5.88 Å². The lowest BCUT2D eigenvalue weighted by Gasteiger charge is -2.03. The van der Waals surface area contributed by atoms with Gasteiger partial charge in [0.1, 0.15) is 0 Å².